The number of benzene rings is 1. The minimum absolute atomic E-state index is 0.235. The SMILES string of the molecule is CNS(=O)(=O)c1ccc(CCc2nc(C3CCOC3)no2)cc1. The normalized spacial score (nSPS) is 18.4. The molecule has 1 unspecified atom stereocenters. The molecule has 1 fully saturated rings. The molecule has 1 aliphatic heterocycles. The van der Waals surface area contributed by atoms with Gasteiger partial charge in [0.1, 0.15) is 0 Å². The Bertz CT molecular complexity index is 749. The maximum Gasteiger partial charge on any atom is 0.240 e. The summed E-state index contributed by atoms with van der Waals surface area (Å²) in [6, 6.07) is 6.78. The molecule has 0 amide bonds. The monoisotopic (exact) mass is 337 g/mol. The van der Waals surface area contributed by atoms with E-state index < -0.39 is 10.0 Å². The molecule has 0 spiro atoms. The molecule has 1 aromatic heterocycles. The van der Waals surface area contributed by atoms with Gasteiger partial charge in [-0.2, -0.15) is 4.98 Å². The van der Waals surface area contributed by atoms with Gasteiger partial charge < -0.3 is 9.26 Å². The summed E-state index contributed by atoms with van der Waals surface area (Å²) in [7, 11) is -2.00. The first-order chi connectivity index (χ1) is 11.1. The molecule has 1 N–H and O–H groups in total. The lowest BCUT2D eigenvalue weighted by Crippen LogP contribution is -2.18. The molecule has 1 saturated heterocycles. The van der Waals surface area contributed by atoms with Crippen LogP contribution in [0.15, 0.2) is 33.7 Å². The Morgan fingerprint density at radius 1 is 1.26 bits per heavy atom. The fourth-order valence-corrected chi connectivity index (χ4v) is 3.21. The smallest absolute Gasteiger partial charge is 0.240 e. The molecular formula is C15H19N3O4S. The molecule has 8 heteroatoms. The standard InChI is InChI=1S/C15H19N3O4S/c1-16-23(19,20)13-5-2-11(3-6-13)4-7-14-17-15(18-22-14)12-8-9-21-10-12/h2-3,5-6,12,16H,4,7-10H2,1H3. The van der Waals surface area contributed by atoms with E-state index in [9.17, 15) is 8.42 Å². The number of hydrogen-bond acceptors (Lipinski definition) is 6. The van der Waals surface area contributed by atoms with Crippen molar-refractivity contribution >= 4 is 10.0 Å². The Labute approximate surface area is 135 Å². The molecule has 23 heavy (non-hydrogen) atoms. The van der Waals surface area contributed by atoms with Crippen molar-refractivity contribution < 1.29 is 17.7 Å². The van der Waals surface area contributed by atoms with Crippen molar-refractivity contribution in [2.45, 2.75) is 30.1 Å². The van der Waals surface area contributed by atoms with Crippen LogP contribution < -0.4 is 4.72 Å². The first kappa shape index (κ1) is 16.1. The van der Waals surface area contributed by atoms with E-state index in [2.05, 4.69) is 14.9 Å². The summed E-state index contributed by atoms with van der Waals surface area (Å²) in [5, 5.41) is 4.01. The summed E-state index contributed by atoms with van der Waals surface area (Å²) in [6.45, 7) is 1.40. The first-order valence-corrected chi connectivity index (χ1v) is 8.99. The van der Waals surface area contributed by atoms with Crippen molar-refractivity contribution in [3.05, 3.63) is 41.5 Å². The predicted octanol–water partition coefficient (Wildman–Crippen LogP) is 1.27. The Hall–Kier alpha value is -1.77. The third-order valence-corrected chi connectivity index (χ3v) is 5.34. The number of rotatable bonds is 6. The van der Waals surface area contributed by atoms with Crippen molar-refractivity contribution in [2.75, 3.05) is 20.3 Å². The molecule has 1 atom stereocenters. The molecule has 0 saturated carbocycles. The highest BCUT2D eigenvalue weighted by molar-refractivity contribution is 7.89. The van der Waals surface area contributed by atoms with Crippen molar-refractivity contribution in [1.29, 1.82) is 0 Å². The van der Waals surface area contributed by atoms with Gasteiger partial charge in [0.2, 0.25) is 15.9 Å². The molecule has 0 aliphatic carbocycles. The van der Waals surface area contributed by atoms with Crippen LogP contribution in [0.4, 0.5) is 0 Å². The highest BCUT2D eigenvalue weighted by atomic mass is 32.2. The van der Waals surface area contributed by atoms with Crippen molar-refractivity contribution in [3.8, 4) is 0 Å². The molecular weight excluding hydrogens is 318 g/mol. The number of nitrogens with one attached hydrogen (secondary N) is 1. The Morgan fingerprint density at radius 3 is 2.70 bits per heavy atom. The van der Waals surface area contributed by atoms with Gasteiger partial charge in [-0.15, -0.1) is 0 Å². The zero-order chi connectivity index (χ0) is 16.3. The average molecular weight is 337 g/mol. The highest BCUT2D eigenvalue weighted by Crippen LogP contribution is 2.22. The zero-order valence-corrected chi connectivity index (χ0v) is 13.7. The molecule has 7 nitrogen and oxygen atoms in total. The quantitative estimate of drug-likeness (QED) is 0.853. The maximum absolute atomic E-state index is 11.7. The van der Waals surface area contributed by atoms with E-state index in [0.717, 1.165) is 18.6 Å². The van der Waals surface area contributed by atoms with Crippen LogP contribution in [0.5, 0.6) is 0 Å². The van der Waals surface area contributed by atoms with E-state index in [1.807, 2.05) is 0 Å². The van der Waals surface area contributed by atoms with Gasteiger partial charge in [0.15, 0.2) is 5.82 Å². The summed E-state index contributed by atoms with van der Waals surface area (Å²) in [5.74, 6) is 1.55. The summed E-state index contributed by atoms with van der Waals surface area (Å²) >= 11 is 0. The number of aryl methyl sites for hydroxylation is 2. The number of ether oxygens (including phenoxy) is 1. The van der Waals surface area contributed by atoms with Crippen LogP contribution >= 0.6 is 0 Å². The van der Waals surface area contributed by atoms with Gasteiger partial charge in [0.25, 0.3) is 0 Å². The van der Waals surface area contributed by atoms with Gasteiger partial charge in [-0.05, 0) is 37.6 Å². The van der Waals surface area contributed by atoms with Crippen LogP contribution in [0.3, 0.4) is 0 Å². The molecule has 2 aromatic rings. The fraction of sp³-hybridized carbons (Fsp3) is 0.467. The average Bonchev–Trinajstić information content (AvgIpc) is 3.24. The van der Waals surface area contributed by atoms with E-state index >= 15 is 0 Å². The second-order valence-electron chi connectivity index (χ2n) is 5.46. The minimum atomic E-state index is -3.39. The van der Waals surface area contributed by atoms with Gasteiger partial charge in [-0.25, -0.2) is 13.1 Å². The summed E-state index contributed by atoms with van der Waals surface area (Å²) in [5.41, 5.74) is 1.02. The number of sulfonamides is 1. The summed E-state index contributed by atoms with van der Waals surface area (Å²) in [6.07, 6.45) is 2.27. The molecule has 1 aliphatic rings. The number of nitrogens with zero attached hydrogens (tertiary/aromatic N) is 2. The topological polar surface area (TPSA) is 94.3 Å². The number of aromatic nitrogens is 2. The first-order valence-electron chi connectivity index (χ1n) is 7.51. The molecule has 2 heterocycles. The molecule has 3 rings (SSSR count). The van der Waals surface area contributed by atoms with Crippen molar-refractivity contribution in [2.24, 2.45) is 0 Å². The molecule has 0 bridgehead atoms. The summed E-state index contributed by atoms with van der Waals surface area (Å²) < 4.78 is 36.2. The lowest BCUT2D eigenvalue weighted by molar-refractivity contribution is 0.192. The van der Waals surface area contributed by atoms with Crippen LogP contribution in [0.25, 0.3) is 0 Å². The van der Waals surface area contributed by atoms with Crippen LogP contribution in [0.2, 0.25) is 0 Å². The molecule has 124 valence electrons. The van der Waals surface area contributed by atoms with Gasteiger partial charge in [-0.3, -0.25) is 0 Å². The number of hydrogen-bond donors (Lipinski definition) is 1. The Balaban J connectivity index is 1.60. The van der Waals surface area contributed by atoms with E-state index in [1.165, 1.54) is 7.05 Å². The van der Waals surface area contributed by atoms with E-state index in [4.69, 9.17) is 9.26 Å². The predicted molar refractivity (Wildman–Crippen MR) is 82.6 cm³/mol. The van der Waals surface area contributed by atoms with Crippen LogP contribution in [0, 0.1) is 0 Å². The van der Waals surface area contributed by atoms with E-state index in [-0.39, 0.29) is 10.8 Å². The van der Waals surface area contributed by atoms with Crippen LogP contribution in [0.1, 0.15) is 29.6 Å². The maximum atomic E-state index is 11.7. The van der Waals surface area contributed by atoms with E-state index in [0.29, 0.717) is 31.2 Å². The van der Waals surface area contributed by atoms with E-state index in [1.54, 1.807) is 24.3 Å². The van der Waals surface area contributed by atoms with Crippen LogP contribution in [-0.4, -0.2) is 38.8 Å². The Kier molecular flexibility index (Phi) is 4.74. The van der Waals surface area contributed by atoms with Gasteiger partial charge in [-0.1, -0.05) is 17.3 Å². The third-order valence-electron chi connectivity index (χ3n) is 3.91. The zero-order valence-electron chi connectivity index (χ0n) is 12.9. The second-order valence-corrected chi connectivity index (χ2v) is 7.34. The Morgan fingerprint density at radius 2 is 2.04 bits per heavy atom. The van der Waals surface area contributed by atoms with Crippen molar-refractivity contribution in [1.82, 2.24) is 14.9 Å². The molecule has 0 radical (unpaired) electrons. The lowest BCUT2D eigenvalue weighted by Gasteiger charge is -2.03. The summed E-state index contributed by atoms with van der Waals surface area (Å²) in [4.78, 5) is 4.67. The van der Waals surface area contributed by atoms with Crippen LogP contribution in [-0.2, 0) is 27.6 Å². The minimum Gasteiger partial charge on any atom is -0.381 e. The lowest BCUT2D eigenvalue weighted by atomic mass is 10.1. The second kappa shape index (κ2) is 6.77. The largest absolute Gasteiger partial charge is 0.381 e. The molecule has 1 aromatic carbocycles. The highest BCUT2D eigenvalue weighted by Gasteiger charge is 2.23. The van der Waals surface area contributed by atoms with Gasteiger partial charge >= 0.3 is 0 Å². The van der Waals surface area contributed by atoms with Crippen molar-refractivity contribution in [3.63, 3.8) is 0 Å². The third kappa shape index (κ3) is 3.77. The fourth-order valence-electron chi connectivity index (χ4n) is 2.48. The van der Waals surface area contributed by atoms with Gasteiger partial charge in [0.05, 0.1) is 11.5 Å². The van der Waals surface area contributed by atoms with Gasteiger partial charge in [0, 0.05) is 18.9 Å².